The van der Waals surface area contributed by atoms with Crippen molar-refractivity contribution in [2.24, 2.45) is 0 Å². The van der Waals surface area contributed by atoms with Gasteiger partial charge in [0.2, 0.25) is 0 Å². The van der Waals surface area contributed by atoms with E-state index in [1.165, 1.54) is 62.0 Å². The molecule has 0 aliphatic carbocycles. The number of aldehydes is 1. The van der Waals surface area contributed by atoms with E-state index in [4.69, 9.17) is 0 Å². The Morgan fingerprint density at radius 3 is 2.05 bits per heavy atom. The third kappa shape index (κ3) is 8.10. The summed E-state index contributed by atoms with van der Waals surface area (Å²) < 4.78 is 0. The van der Waals surface area contributed by atoms with Crippen molar-refractivity contribution in [1.82, 2.24) is 0 Å². The summed E-state index contributed by atoms with van der Waals surface area (Å²) in [6.45, 7) is 2.26. The normalized spacial score (nSPS) is 10.6. The van der Waals surface area contributed by atoms with Crippen molar-refractivity contribution in [2.75, 3.05) is 5.75 Å². The standard InChI is InChI=1S/C17H26OS/c1-2-3-4-5-6-7-8-9-14-19-17-12-10-16(15-18)11-13-17/h10-13,15H,2-9,14H2,1H3. The monoisotopic (exact) mass is 278 g/mol. The first-order valence-electron chi connectivity index (χ1n) is 7.55. The van der Waals surface area contributed by atoms with Gasteiger partial charge in [-0.15, -0.1) is 11.8 Å². The van der Waals surface area contributed by atoms with E-state index in [-0.39, 0.29) is 0 Å². The molecule has 1 rings (SSSR count). The lowest BCUT2D eigenvalue weighted by atomic mass is 10.1. The molecule has 0 radical (unpaired) electrons. The Balaban J connectivity index is 1.96. The zero-order valence-corrected chi connectivity index (χ0v) is 12.9. The molecule has 0 unspecified atom stereocenters. The first kappa shape index (κ1) is 16.3. The minimum Gasteiger partial charge on any atom is -0.298 e. The third-order valence-electron chi connectivity index (χ3n) is 3.28. The molecule has 0 amide bonds. The minimum atomic E-state index is 0.761. The molecule has 106 valence electrons. The van der Waals surface area contributed by atoms with Crippen LogP contribution in [0, 0.1) is 0 Å². The summed E-state index contributed by atoms with van der Waals surface area (Å²) in [6, 6.07) is 7.87. The summed E-state index contributed by atoms with van der Waals surface area (Å²) in [5.74, 6) is 1.19. The van der Waals surface area contributed by atoms with Gasteiger partial charge in [0.05, 0.1) is 0 Å². The maximum absolute atomic E-state index is 10.5. The summed E-state index contributed by atoms with van der Waals surface area (Å²) in [4.78, 5) is 11.8. The van der Waals surface area contributed by atoms with E-state index < -0.39 is 0 Å². The van der Waals surface area contributed by atoms with Crippen molar-refractivity contribution in [3.05, 3.63) is 29.8 Å². The second-order valence-corrected chi connectivity index (χ2v) is 6.18. The van der Waals surface area contributed by atoms with Crippen LogP contribution < -0.4 is 0 Å². The van der Waals surface area contributed by atoms with Crippen LogP contribution in [-0.2, 0) is 0 Å². The smallest absolute Gasteiger partial charge is 0.150 e. The molecule has 0 saturated carbocycles. The van der Waals surface area contributed by atoms with Crippen LogP contribution in [-0.4, -0.2) is 12.0 Å². The molecule has 1 nitrogen and oxygen atoms in total. The molecule has 0 heterocycles. The summed E-state index contributed by atoms with van der Waals surface area (Å²) in [6.07, 6.45) is 11.9. The predicted octanol–water partition coefficient (Wildman–Crippen LogP) is 5.73. The largest absolute Gasteiger partial charge is 0.298 e. The molecule has 0 aliphatic heterocycles. The number of unbranched alkanes of at least 4 members (excludes halogenated alkanes) is 7. The van der Waals surface area contributed by atoms with Gasteiger partial charge in [-0.3, -0.25) is 4.79 Å². The Morgan fingerprint density at radius 2 is 1.47 bits per heavy atom. The van der Waals surface area contributed by atoms with Crippen molar-refractivity contribution in [1.29, 1.82) is 0 Å². The first-order valence-corrected chi connectivity index (χ1v) is 8.53. The number of carbonyl (C=O) groups is 1. The van der Waals surface area contributed by atoms with Gasteiger partial charge in [-0.1, -0.05) is 64.0 Å². The summed E-state index contributed by atoms with van der Waals surface area (Å²) >= 11 is 1.90. The Kier molecular flexibility index (Phi) is 9.52. The minimum absolute atomic E-state index is 0.761. The molecule has 0 bridgehead atoms. The van der Waals surface area contributed by atoms with Crippen molar-refractivity contribution in [2.45, 2.75) is 63.2 Å². The molecular weight excluding hydrogens is 252 g/mol. The van der Waals surface area contributed by atoms with Gasteiger partial charge < -0.3 is 0 Å². The summed E-state index contributed by atoms with van der Waals surface area (Å²) in [5.41, 5.74) is 0.761. The van der Waals surface area contributed by atoms with Crippen LogP contribution in [0.15, 0.2) is 29.2 Å². The molecule has 19 heavy (non-hydrogen) atoms. The highest BCUT2D eigenvalue weighted by Gasteiger charge is 1.96. The van der Waals surface area contributed by atoms with Crippen LogP contribution in [0.1, 0.15) is 68.6 Å². The van der Waals surface area contributed by atoms with Gasteiger partial charge in [0.15, 0.2) is 0 Å². The maximum atomic E-state index is 10.5. The Labute approximate surface area is 122 Å². The molecule has 0 spiro atoms. The fraction of sp³-hybridized carbons (Fsp3) is 0.588. The average molecular weight is 278 g/mol. The molecule has 0 saturated heterocycles. The number of rotatable bonds is 11. The van der Waals surface area contributed by atoms with Crippen molar-refractivity contribution in [3.8, 4) is 0 Å². The topological polar surface area (TPSA) is 17.1 Å². The van der Waals surface area contributed by atoms with E-state index in [9.17, 15) is 4.79 Å². The molecule has 2 heteroatoms. The highest BCUT2D eigenvalue weighted by Crippen LogP contribution is 2.20. The van der Waals surface area contributed by atoms with Gasteiger partial charge in [-0.25, -0.2) is 0 Å². The first-order chi connectivity index (χ1) is 9.36. The van der Waals surface area contributed by atoms with E-state index in [1.54, 1.807) is 0 Å². The zero-order chi connectivity index (χ0) is 13.8. The predicted molar refractivity (Wildman–Crippen MR) is 85.2 cm³/mol. The van der Waals surface area contributed by atoms with E-state index in [1.807, 2.05) is 36.0 Å². The quantitative estimate of drug-likeness (QED) is 0.292. The van der Waals surface area contributed by atoms with Gasteiger partial charge in [-0.2, -0.15) is 0 Å². The molecule has 0 N–H and O–H groups in total. The van der Waals surface area contributed by atoms with Crippen molar-refractivity contribution < 1.29 is 4.79 Å². The average Bonchev–Trinajstić information content (AvgIpc) is 2.46. The molecule has 1 aromatic carbocycles. The molecule has 0 atom stereocenters. The molecular formula is C17H26OS. The lowest BCUT2D eigenvalue weighted by Gasteiger charge is -2.03. The Hall–Kier alpha value is -0.760. The second-order valence-electron chi connectivity index (χ2n) is 5.01. The summed E-state index contributed by atoms with van der Waals surface area (Å²) in [5, 5.41) is 0. The van der Waals surface area contributed by atoms with Crippen LogP contribution >= 0.6 is 11.8 Å². The van der Waals surface area contributed by atoms with Crippen molar-refractivity contribution >= 4 is 18.0 Å². The van der Waals surface area contributed by atoms with E-state index in [0.717, 1.165) is 11.8 Å². The van der Waals surface area contributed by atoms with Gasteiger partial charge in [0.25, 0.3) is 0 Å². The number of hydrogen-bond donors (Lipinski definition) is 0. The van der Waals surface area contributed by atoms with Gasteiger partial charge in [0.1, 0.15) is 6.29 Å². The molecule has 0 fully saturated rings. The maximum Gasteiger partial charge on any atom is 0.150 e. The van der Waals surface area contributed by atoms with E-state index in [0.29, 0.717) is 0 Å². The number of thioether (sulfide) groups is 1. The fourth-order valence-electron chi connectivity index (χ4n) is 2.07. The SMILES string of the molecule is CCCCCCCCCCSc1ccc(C=O)cc1. The highest BCUT2D eigenvalue weighted by molar-refractivity contribution is 7.99. The van der Waals surface area contributed by atoms with Crippen LogP contribution in [0.5, 0.6) is 0 Å². The number of carbonyl (C=O) groups excluding carboxylic acids is 1. The van der Waals surface area contributed by atoms with E-state index >= 15 is 0 Å². The van der Waals surface area contributed by atoms with Crippen LogP contribution in [0.3, 0.4) is 0 Å². The number of hydrogen-bond acceptors (Lipinski definition) is 2. The zero-order valence-electron chi connectivity index (χ0n) is 12.1. The van der Waals surface area contributed by atoms with Crippen LogP contribution in [0.4, 0.5) is 0 Å². The lowest BCUT2D eigenvalue weighted by molar-refractivity contribution is 0.112. The summed E-state index contributed by atoms with van der Waals surface area (Å²) in [7, 11) is 0. The van der Waals surface area contributed by atoms with Gasteiger partial charge in [0, 0.05) is 10.5 Å². The van der Waals surface area contributed by atoms with Crippen LogP contribution in [0.2, 0.25) is 0 Å². The molecule has 0 aromatic heterocycles. The third-order valence-corrected chi connectivity index (χ3v) is 4.38. The van der Waals surface area contributed by atoms with Gasteiger partial charge in [-0.05, 0) is 24.3 Å². The van der Waals surface area contributed by atoms with Crippen molar-refractivity contribution in [3.63, 3.8) is 0 Å². The van der Waals surface area contributed by atoms with Crippen LogP contribution in [0.25, 0.3) is 0 Å². The Bertz CT molecular complexity index is 332. The van der Waals surface area contributed by atoms with Gasteiger partial charge >= 0.3 is 0 Å². The molecule has 1 aromatic rings. The molecule has 0 aliphatic rings. The Morgan fingerprint density at radius 1 is 0.895 bits per heavy atom. The second kappa shape index (κ2) is 11.1. The number of benzene rings is 1. The lowest BCUT2D eigenvalue weighted by Crippen LogP contribution is -1.84. The fourth-order valence-corrected chi connectivity index (χ4v) is 2.98. The van der Waals surface area contributed by atoms with E-state index in [2.05, 4.69) is 6.92 Å². The highest BCUT2D eigenvalue weighted by atomic mass is 32.2.